The lowest BCUT2D eigenvalue weighted by atomic mass is 9.99. The van der Waals surface area contributed by atoms with E-state index in [-0.39, 0.29) is 11.8 Å². The highest BCUT2D eigenvalue weighted by Crippen LogP contribution is 2.33. The Hall–Kier alpha value is -2.40. The third-order valence-corrected chi connectivity index (χ3v) is 4.44. The summed E-state index contributed by atoms with van der Waals surface area (Å²) in [7, 11) is 0. The number of pyridine rings is 1. The number of nitrogens with one attached hydrogen (secondary N) is 1. The number of anilines is 2. The third kappa shape index (κ3) is 3.99. The van der Waals surface area contributed by atoms with Crippen molar-refractivity contribution in [3.8, 4) is 11.1 Å². The van der Waals surface area contributed by atoms with Gasteiger partial charge in [0.1, 0.15) is 5.82 Å². The van der Waals surface area contributed by atoms with Crippen LogP contribution in [0.2, 0.25) is 0 Å². The molecular weight excluding hydrogens is 314 g/mol. The number of aryl methyl sites for hydroxylation is 1. The predicted octanol–water partition coefficient (Wildman–Crippen LogP) is 3.49. The maximum absolute atomic E-state index is 12.2. The maximum Gasteiger partial charge on any atom is 0.226 e. The van der Waals surface area contributed by atoms with E-state index in [0.717, 1.165) is 35.7 Å². The number of hydrogen-bond acceptors (Lipinski definition) is 4. The molecule has 0 atom stereocenters. The van der Waals surface area contributed by atoms with Gasteiger partial charge < -0.3 is 15.0 Å². The number of morpholine rings is 1. The van der Waals surface area contributed by atoms with Crippen LogP contribution in [0.15, 0.2) is 36.5 Å². The van der Waals surface area contributed by atoms with Gasteiger partial charge in [-0.05, 0) is 24.1 Å². The number of hydrogen-bond donors (Lipinski definition) is 1. The zero-order valence-corrected chi connectivity index (χ0v) is 15.1. The van der Waals surface area contributed by atoms with Crippen molar-refractivity contribution < 1.29 is 9.53 Å². The number of ether oxygens (including phenoxy) is 1. The van der Waals surface area contributed by atoms with E-state index in [1.54, 1.807) is 6.20 Å². The molecule has 1 aliphatic rings. The fourth-order valence-electron chi connectivity index (χ4n) is 2.88. The van der Waals surface area contributed by atoms with Gasteiger partial charge in [-0.1, -0.05) is 38.1 Å². The number of carbonyl (C=O) groups excluding carboxylic acids is 1. The molecule has 1 aromatic heterocycles. The summed E-state index contributed by atoms with van der Waals surface area (Å²) in [6, 6.07) is 10.3. The molecule has 0 unspecified atom stereocenters. The number of carbonyl (C=O) groups is 1. The Balaban J connectivity index is 2.02. The summed E-state index contributed by atoms with van der Waals surface area (Å²) in [5.41, 5.74) is 4.04. The Labute approximate surface area is 149 Å². The van der Waals surface area contributed by atoms with Gasteiger partial charge in [0.05, 0.1) is 25.1 Å². The van der Waals surface area contributed by atoms with Gasteiger partial charge in [-0.3, -0.25) is 4.79 Å². The molecule has 2 heterocycles. The van der Waals surface area contributed by atoms with Crippen LogP contribution in [-0.2, 0) is 9.53 Å². The summed E-state index contributed by atoms with van der Waals surface area (Å²) in [6.45, 7) is 8.95. The van der Waals surface area contributed by atoms with E-state index in [1.807, 2.05) is 26.0 Å². The molecule has 1 N–H and O–H groups in total. The molecule has 3 rings (SSSR count). The Kier molecular flexibility index (Phi) is 5.34. The summed E-state index contributed by atoms with van der Waals surface area (Å²) < 4.78 is 5.43. The summed E-state index contributed by atoms with van der Waals surface area (Å²) in [6.07, 6.45) is 1.77. The van der Waals surface area contributed by atoms with Crippen molar-refractivity contribution in [2.45, 2.75) is 20.8 Å². The second kappa shape index (κ2) is 7.66. The number of rotatable bonds is 4. The second-order valence-corrected chi connectivity index (χ2v) is 6.65. The van der Waals surface area contributed by atoms with Crippen LogP contribution in [0, 0.1) is 12.8 Å². The Morgan fingerprint density at radius 1 is 1.20 bits per heavy atom. The number of benzene rings is 1. The van der Waals surface area contributed by atoms with E-state index in [4.69, 9.17) is 4.74 Å². The minimum Gasteiger partial charge on any atom is -0.378 e. The molecule has 0 spiro atoms. The zero-order valence-electron chi connectivity index (χ0n) is 15.1. The maximum atomic E-state index is 12.2. The molecular formula is C20H25N3O2. The lowest BCUT2D eigenvalue weighted by Gasteiger charge is -2.28. The molecule has 1 amide bonds. The summed E-state index contributed by atoms with van der Waals surface area (Å²) >= 11 is 0. The van der Waals surface area contributed by atoms with Crippen LogP contribution in [0.25, 0.3) is 11.1 Å². The standard InChI is InChI=1S/C20H25N3O2/c1-14(2)20(24)22-18-13-21-19(23-8-10-25-11-9-23)12-17(18)16-7-5-4-6-15(16)3/h4-7,12-14H,8-11H2,1-3H3,(H,22,24). The average Bonchev–Trinajstić information content (AvgIpc) is 2.63. The van der Waals surface area contributed by atoms with Gasteiger partial charge in [0, 0.05) is 24.6 Å². The van der Waals surface area contributed by atoms with Crippen molar-refractivity contribution >= 4 is 17.4 Å². The smallest absolute Gasteiger partial charge is 0.226 e. The molecule has 1 aliphatic heterocycles. The van der Waals surface area contributed by atoms with E-state index in [0.29, 0.717) is 13.2 Å². The second-order valence-electron chi connectivity index (χ2n) is 6.65. The molecule has 1 saturated heterocycles. The van der Waals surface area contributed by atoms with Crippen molar-refractivity contribution in [1.82, 2.24) is 4.98 Å². The third-order valence-electron chi connectivity index (χ3n) is 4.44. The van der Waals surface area contributed by atoms with Gasteiger partial charge in [0.15, 0.2) is 0 Å². The lowest BCUT2D eigenvalue weighted by molar-refractivity contribution is -0.118. The topological polar surface area (TPSA) is 54.5 Å². The highest BCUT2D eigenvalue weighted by atomic mass is 16.5. The van der Waals surface area contributed by atoms with Crippen molar-refractivity contribution in [3.63, 3.8) is 0 Å². The first kappa shape index (κ1) is 17.4. The van der Waals surface area contributed by atoms with Crippen molar-refractivity contribution in [2.24, 2.45) is 5.92 Å². The van der Waals surface area contributed by atoms with Crippen LogP contribution < -0.4 is 10.2 Å². The first-order valence-corrected chi connectivity index (χ1v) is 8.76. The van der Waals surface area contributed by atoms with Crippen LogP contribution in [0.4, 0.5) is 11.5 Å². The lowest BCUT2D eigenvalue weighted by Crippen LogP contribution is -2.36. The van der Waals surface area contributed by atoms with E-state index in [2.05, 4.69) is 40.3 Å². The van der Waals surface area contributed by atoms with Gasteiger partial charge in [-0.25, -0.2) is 4.98 Å². The fourth-order valence-corrected chi connectivity index (χ4v) is 2.88. The normalized spacial score (nSPS) is 14.6. The summed E-state index contributed by atoms with van der Waals surface area (Å²) in [5.74, 6) is 0.837. The van der Waals surface area contributed by atoms with Crippen LogP contribution in [-0.4, -0.2) is 37.2 Å². The number of aromatic nitrogens is 1. The fraction of sp³-hybridized carbons (Fsp3) is 0.400. The van der Waals surface area contributed by atoms with Gasteiger partial charge in [0.25, 0.3) is 0 Å². The first-order valence-electron chi connectivity index (χ1n) is 8.76. The summed E-state index contributed by atoms with van der Waals surface area (Å²) in [4.78, 5) is 19.0. The molecule has 0 saturated carbocycles. The van der Waals surface area contributed by atoms with Crippen molar-refractivity contribution in [1.29, 1.82) is 0 Å². The van der Waals surface area contributed by atoms with Gasteiger partial charge >= 0.3 is 0 Å². The van der Waals surface area contributed by atoms with Crippen LogP contribution in [0.5, 0.6) is 0 Å². The molecule has 0 radical (unpaired) electrons. The summed E-state index contributed by atoms with van der Waals surface area (Å²) in [5, 5.41) is 3.02. The quantitative estimate of drug-likeness (QED) is 0.926. The number of amides is 1. The molecule has 5 nitrogen and oxygen atoms in total. The predicted molar refractivity (Wildman–Crippen MR) is 101 cm³/mol. The van der Waals surface area contributed by atoms with Crippen LogP contribution in [0.1, 0.15) is 19.4 Å². The van der Waals surface area contributed by atoms with Gasteiger partial charge in [-0.15, -0.1) is 0 Å². The monoisotopic (exact) mass is 339 g/mol. The minimum atomic E-state index is -0.0800. The highest BCUT2D eigenvalue weighted by molar-refractivity contribution is 5.97. The first-order chi connectivity index (χ1) is 12.1. The molecule has 25 heavy (non-hydrogen) atoms. The molecule has 1 aromatic carbocycles. The van der Waals surface area contributed by atoms with Gasteiger partial charge in [-0.2, -0.15) is 0 Å². The molecule has 5 heteroatoms. The van der Waals surface area contributed by atoms with Crippen LogP contribution in [0.3, 0.4) is 0 Å². The zero-order chi connectivity index (χ0) is 17.8. The van der Waals surface area contributed by atoms with Crippen molar-refractivity contribution in [3.05, 3.63) is 42.1 Å². The Bertz CT molecular complexity index is 752. The minimum absolute atomic E-state index is 0.00393. The molecule has 1 fully saturated rings. The Morgan fingerprint density at radius 2 is 1.92 bits per heavy atom. The highest BCUT2D eigenvalue weighted by Gasteiger charge is 2.18. The van der Waals surface area contributed by atoms with E-state index in [9.17, 15) is 4.79 Å². The number of nitrogens with zero attached hydrogens (tertiary/aromatic N) is 2. The molecule has 132 valence electrons. The van der Waals surface area contributed by atoms with Crippen LogP contribution >= 0.6 is 0 Å². The van der Waals surface area contributed by atoms with E-state index < -0.39 is 0 Å². The molecule has 0 bridgehead atoms. The SMILES string of the molecule is Cc1ccccc1-c1cc(N2CCOCC2)ncc1NC(=O)C(C)C. The van der Waals surface area contributed by atoms with E-state index >= 15 is 0 Å². The largest absolute Gasteiger partial charge is 0.378 e. The Morgan fingerprint density at radius 3 is 2.60 bits per heavy atom. The average molecular weight is 339 g/mol. The molecule has 0 aliphatic carbocycles. The van der Waals surface area contributed by atoms with Gasteiger partial charge in [0.2, 0.25) is 5.91 Å². The molecule has 2 aromatic rings. The van der Waals surface area contributed by atoms with Crippen molar-refractivity contribution in [2.75, 3.05) is 36.5 Å². The van der Waals surface area contributed by atoms with E-state index in [1.165, 1.54) is 5.56 Å².